The number of benzene rings is 2. The molecule has 1 heterocycles. The lowest BCUT2D eigenvalue weighted by Gasteiger charge is -2.28. The second kappa shape index (κ2) is 9.53. The van der Waals surface area contributed by atoms with Crippen molar-refractivity contribution in [2.45, 2.75) is 19.9 Å². The van der Waals surface area contributed by atoms with Crippen LogP contribution in [0.1, 0.15) is 31.0 Å². The number of hydrogen-bond donors (Lipinski definition) is 1. The minimum atomic E-state index is -0.794. The van der Waals surface area contributed by atoms with Gasteiger partial charge in [0.25, 0.3) is 17.4 Å². The van der Waals surface area contributed by atoms with Crippen LogP contribution in [-0.2, 0) is 9.59 Å². The van der Waals surface area contributed by atoms with Gasteiger partial charge in [-0.3, -0.25) is 19.7 Å². The van der Waals surface area contributed by atoms with Crippen molar-refractivity contribution in [1.82, 2.24) is 9.80 Å². The molecule has 1 amide bonds. The third kappa shape index (κ3) is 4.49. The quantitative estimate of drug-likeness (QED) is 0.230. The second-order valence-corrected chi connectivity index (χ2v) is 7.24. The van der Waals surface area contributed by atoms with Crippen molar-refractivity contribution in [1.29, 1.82) is 0 Å². The Morgan fingerprint density at radius 3 is 2.39 bits per heavy atom. The first-order chi connectivity index (χ1) is 14.9. The number of aliphatic hydroxyl groups excluding tert-OH is 1. The van der Waals surface area contributed by atoms with Crippen LogP contribution in [0.15, 0.2) is 60.2 Å². The molecule has 0 saturated carbocycles. The number of hydrogen-bond acceptors (Lipinski definition) is 6. The van der Waals surface area contributed by atoms with Gasteiger partial charge in [0.15, 0.2) is 0 Å². The van der Waals surface area contributed by atoms with Gasteiger partial charge in [-0.2, -0.15) is 0 Å². The van der Waals surface area contributed by atoms with Gasteiger partial charge in [0.05, 0.1) is 16.5 Å². The summed E-state index contributed by atoms with van der Waals surface area (Å²) >= 11 is 0. The molecule has 1 N–H and O–H groups in total. The monoisotopic (exact) mass is 423 g/mol. The zero-order valence-electron chi connectivity index (χ0n) is 17.5. The van der Waals surface area contributed by atoms with E-state index in [1.807, 2.05) is 19.9 Å². The molecular formula is C23H25N3O5. The zero-order valence-corrected chi connectivity index (χ0v) is 17.5. The minimum Gasteiger partial charge on any atom is -0.507 e. The van der Waals surface area contributed by atoms with Crippen molar-refractivity contribution < 1.29 is 19.6 Å². The number of aliphatic hydroxyl groups is 1. The molecule has 2 aromatic rings. The van der Waals surface area contributed by atoms with Gasteiger partial charge in [-0.25, -0.2) is 0 Å². The number of nitro benzene ring substituents is 1. The van der Waals surface area contributed by atoms with Gasteiger partial charge in [0, 0.05) is 30.8 Å². The maximum atomic E-state index is 13.0. The summed E-state index contributed by atoms with van der Waals surface area (Å²) < 4.78 is 0. The largest absolute Gasteiger partial charge is 0.507 e. The number of likely N-dealkylation sites (N-methyl/N-ethyl adjacent to an activating group) is 1. The average molecular weight is 423 g/mol. The van der Waals surface area contributed by atoms with E-state index in [0.29, 0.717) is 18.7 Å². The summed E-state index contributed by atoms with van der Waals surface area (Å²) in [6.45, 7) is 6.56. The van der Waals surface area contributed by atoms with Crippen molar-refractivity contribution in [2.75, 3.05) is 26.2 Å². The van der Waals surface area contributed by atoms with E-state index in [4.69, 9.17) is 0 Å². The highest BCUT2D eigenvalue weighted by atomic mass is 16.6. The highest BCUT2D eigenvalue weighted by Gasteiger charge is 2.45. The number of ketones is 1. The van der Waals surface area contributed by atoms with Gasteiger partial charge in [-0.05, 0) is 18.7 Å². The summed E-state index contributed by atoms with van der Waals surface area (Å²) in [6, 6.07) is 13.6. The molecule has 0 aliphatic carbocycles. The smallest absolute Gasteiger partial charge is 0.295 e. The predicted molar refractivity (Wildman–Crippen MR) is 116 cm³/mol. The Kier molecular flexibility index (Phi) is 6.81. The highest BCUT2D eigenvalue weighted by Crippen LogP contribution is 2.39. The van der Waals surface area contributed by atoms with E-state index in [2.05, 4.69) is 4.90 Å². The third-order valence-electron chi connectivity index (χ3n) is 5.54. The van der Waals surface area contributed by atoms with Crippen molar-refractivity contribution in [3.63, 3.8) is 0 Å². The van der Waals surface area contributed by atoms with Crippen LogP contribution >= 0.6 is 0 Å². The van der Waals surface area contributed by atoms with Crippen molar-refractivity contribution >= 4 is 23.1 Å². The molecule has 0 spiro atoms. The number of non-ortho nitro benzene ring substituents is 1. The van der Waals surface area contributed by atoms with Crippen LogP contribution in [-0.4, -0.2) is 57.7 Å². The topological polar surface area (TPSA) is 104 Å². The zero-order chi connectivity index (χ0) is 22.5. The number of carbonyl (C=O) groups excluding carboxylic acids is 2. The molecule has 3 rings (SSSR count). The van der Waals surface area contributed by atoms with Gasteiger partial charge in [0.2, 0.25) is 0 Å². The van der Waals surface area contributed by atoms with E-state index in [1.165, 1.54) is 29.2 Å². The van der Waals surface area contributed by atoms with E-state index in [-0.39, 0.29) is 16.8 Å². The number of carbonyl (C=O) groups is 2. The van der Waals surface area contributed by atoms with Gasteiger partial charge in [-0.15, -0.1) is 0 Å². The minimum absolute atomic E-state index is 0.0590. The van der Waals surface area contributed by atoms with Crippen molar-refractivity contribution in [2.24, 2.45) is 0 Å². The molecule has 8 nitrogen and oxygen atoms in total. The average Bonchev–Trinajstić information content (AvgIpc) is 3.05. The first-order valence-corrected chi connectivity index (χ1v) is 10.2. The molecule has 1 fully saturated rings. The molecule has 162 valence electrons. The number of rotatable bonds is 8. The lowest BCUT2D eigenvalue weighted by molar-refractivity contribution is -0.384. The summed E-state index contributed by atoms with van der Waals surface area (Å²) in [5.74, 6) is -1.90. The van der Waals surface area contributed by atoms with Crippen LogP contribution in [0.4, 0.5) is 5.69 Å². The fourth-order valence-corrected chi connectivity index (χ4v) is 3.80. The summed E-state index contributed by atoms with van der Waals surface area (Å²) in [7, 11) is 0. The number of likely N-dealkylation sites (tertiary alicyclic amines) is 1. The fourth-order valence-electron chi connectivity index (χ4n) is 3.80. The van der Waals surface area contributed by atoms with Gasteiger partial charge >= 0.3 is 0 Å². The standard InChI is InChI=1S/C23H25N3O5/c1-3-24(4-2)13-14-25-20(16-9-6-5-7-10-16)19(22(28)23(25)29)21(27)17-11-8-12-18(15-17)26(30)31/h5-12,15,20,27H,3-4,13-14H2,1-2H3/b21-19-. The van der Waals surface area contributed by atoms with E-state index >= 15 is 0 Å². The van der Waals surface area contributed by atoms with Crippen LogP contribution in [0.25, 0.3) is 5.76 Å². The normalized spacial score (nSPS) is 18.0. The second-order valence-electron chi connectivity index (χ2n) is 7.24. The van der Waals surface area contributed by atoms with Crippen LogP contribution in [0.3, 0.4) is 0 Å². The van der Waals surface area contributed by atoms with Gasteiger partial charge in [0.1, 0.15) is 5.76 Å². The van der Waals surface area contributed by atoms with Crippen molar-refractivity contribution in [3.8, 4) is 0 Å². The molecule has 1 saturated heterocycles. The molecule has 0 radical (unpaired) electrons. The first kappa shape index (κ1) is 22.2. The molecule has 1 aliphatic heterocycles. The summed E-state index contributed by atoms with van der Waals surface area (Å²) in [6.07, 6.45) is 0. The Morgan fingerprint density at radius 2 is 1.77 bits per heavy atom. The maximum absolute atomic E-state index is 13.0. The molecular weight excluding hydrogens is 398 g/mol. The van der Waals surface area contributed by atoms with E-state index in [0.717, 1.165) is 13.1 Å². The number of nitro groups is 1. The Hall–Kier alpha value is -3.52. The highest BCUT2D eigenvalue weighted by molar-refractivity contribution is 6.46. The summed E-state index contributed by atoms with van der Waals surface area (Å²) in [5, 5.41) is 22.1. The molecule has 2 aromatic carbocycles. The summed E-state index contributed by atoms with van der Waals surface area (Å²) in [4.78, 5) is 40.0. The van der Waals surface area contributed by atoms with Crippen LogP contribution < -0.4 is 0 Å². The van der Waals surface area contributed by atoms with Crippen LogP contribution in [0.5, 0.6) is 0 Å². The predicted octanol–water partition coefficient (Wildman–Crippen LogP) is 3.36. The molecule has 8 heteroatoms. The molecule has 1 unspecified atom stereocenters. The Balaban J connectivity index is 2.10. The molecule has 1 aliphatic rings. The Labute approximate surface area is 180 Å². The third-order valence-corrected chi connectivity index (χ3v) is 5.54. The van der Waals surface area contributed by atoms with Crippen molar-refractivity contribution in [3.05, 3.63) is 81.4 Å². The summed E-state index contributed by atoms with van der Waals surface area (Å²) in [5.41, 5.74) is 0.539. The molecule has 31 heavy (non-hydrogen) atoms. The first-order valence-electron chi connectivity index (χ1n) is 10.2. The number of Topliss-reactive ketones (excluding diaryl/α,β-unsaturated/α-hetero) is 1. The van der Waals surface area contributed by atoms with Gasteiger partial charge < -0.3 is 14.9 Å². The number of amides is 1. The van der Waals surface area contributed by atoms with E-state index in [1.54, 1.807) is 24.3 Å². The fraction of sp³-hybridized carbons (Fsp3) is 0.304. The molecule has 1 atom stereocenters. The molecule has 0 aromatic heterocycles. The Bertz CT molecular complexity index is 1010. The lowest BCUT2D eigenvalue weighted by atomic mass is 9.95. The SMILES string of the molecule is CCN(CC)CCN1C(=O)C(=O)/C(=C(\O)c2cccc([N+](=O)[O-])c2)C1c1ccccc1. The van der Waals surface area contributed by atoms with E-state index < -0.39 is 28.4 Å². The Morgan fingerprint density at radius 1 is 1.10 bits per heavy atom. The molecule has 0 bridgehead atoms. The lowest BCUT2D eigenvalue weighted by Crippen LogP contribution is -2.38. The van der Waals surface area contributed by atoms with Crippen LogP contribution in [0.2, 0.25) is 0 Å². The van der Waals surface area contributed by atoms with Gasteiger partial charge in [-0.1, -0.05) is 56.3 Å². The maximum Gasteiger partial charge on any atom is 0.295 e. The van der Waals surface area contributed by atoms with Crippen LogP contribution in [0, 0.1) is 10.1 Å². The van der Waals surface area contributed by atoms with E-state index in [9.17, 15) is 24.8 Å². The number of nitrogens with zero attached hydrogens (tertiary/aromatic N) is 3.